The molecule has 1 heterocycles. The highest BCUT2D eigenvalue weighted by atomic mass is 16.2. The molecule has 1 rings (SSSR count). The molecule has 0 spiro atoms. The maximum Gasteiger partial charge on any atom is 0.328 e. The van der Waals surface area contributed by atoms with Gasteiger partial charge in [0.15, 0.2) is 0 Å². The highest BCUT2D eigenvalue weighted by Gasteiger charge is 2.08. The van der Waals surface area contributed by atoms with Crippen LogP contribution in [0.2, 0.25) is 0 Å². The molecule has 18 heavy (non-hydrogen) atoms. The summed E-state index contributed by atoms with van der Waals surface area (Å²) in [4.78, 5) is 25.3. The molecular weight excluding hydrogens is 230 g/mol. The van der Waals surface area contributed by atoms with Crippen molar-refractivity contribution in [3.05, 3.63) is 32.6 Å². The molecule has 1 aromatic rings. The molecule has 0 radical (unpaired) electrons. The first-order valence-electron chi connectivity index (χ1n) is 6.41. The summed E-state index contributed by atoms with van der Waals surface area (Å²) in [6, 6.07) is 0. The number of H-pyrrole nitrogens is 1. The van der Waals surface area contributed by atoms with Crippen LogP contribution in [-0.4, -0.2) is 21.6 Å². The quantitative estimate of drug-likeness (QED) is 0.765. The molecule has 5 nitrogen and oxygen atoms in total. The molecule has 2 N–H and O–H groups in total. The Morgan fingerprint density at radius 2 is 2.00 bits per heavy atom. The van der Waals surface area contributed by atoms with Gasteiger partial charge in [0.2, 0.25) is 0 Å². The molecule has 0 aliphatic rings. The fourth-order valence-corrected chi connectivity index (χ4v) is 1.69. The number of hydrogen-bond acceptors (Lipinski definition) is 3. The maximum atomic E-state index is 11.6. The van der Waals surface area contributed by atoms with E-state index in [0.29, 0.717) is 18.5 Å². The summed E-state index contributed by atoms with van der Waals surface area (Å²) in [5.74, 6) is 0. The van der Waals surface area contributed by atoms with Crippen LogP contribution in [0.15, 0.2) is 15.8 Å². The highest BCUT2D eigenvalue weighted by molar-refractivity contribution is 5.03. The summed E-state index contributed by atoms with van der Waals surface area (Å²) < 4.78 is 1.57. The lowest BCUT2D eigenvalue weighted by atomic mass is 10.1. The molecule has 0 aromatic carbocycles. The van der Waals surface area contributed by atoms with Crippen molar-refractivity contribution in [2.75, 3.05) is 6.54 Å². The van der Waals surface area contributed by atoms with E-state index in [-0.39, 0.29) is 16.8 Å². The number of hydrogen-bond donors (Lipinski definition) is 2. The molecular formula is C13H23N3O2. The van der Waals surface area contributed by atoms with Gasteiger partial charge in [0, 0.05) is 23.8 Å². The van der Waals surface area contributed by atoms with Crippen LogP contribution in [0.4, 0.5) is 0 Å². The Morgan fingerprint density at radius 3 is 2.56 bits per heavy atom. The molecule has 0 amide bonds. The molecule has 0 unspecified atom stereocenters. The van der Waals surface area contributed by atoms with E-state index in [4.69, 9.17) is 0 Å². The zero-order valence-electron chi connectivity index (χ0n) is 11.7. The van der Waals surface area contributed by atoms with Gasteiger partial charge in [0.1, 0.15) is 0 Å². The van der Waals surface area contributed by atoms with Crippen LogP contribution in [-0.2, 0) is 13.0 Å². The molecule has 0 fully saturated rings. The average molecular weight is 253 g/mol. The Bertz CT molecular complexity index is 494. The first-order valence-corrected chi connectivity index (χ1v) is 6.41. The largest absolute Gasteiger partial charge is 0.328 e. The standard InChI is InChI=1S/C13H23N3O2/c1-5-10-9-16(12(18)15-11(10)17)8-6-7-14-13(2,3)4/h9,14H,5-8H2,1-4H3,(H,15,17,18). The van der Waals surface area contributed by atoms with Crippen molar-refractivity contribution in [2.24, 2.45) is 0 Å². The van der Waals surface area contributed by atoms with Crippen LogP contribution in [0.1, 0.15) is 39.7 Å². The summed E-state index contributed by atoms with van der Waals surface area (Å²) in [6.45, 7) is 9.68. The molecule has 0 atom stereocenters. The topological polar surface area (TPSA) is 66.9 Å². The van der Waals surface area contributed by atoms with Crippen molar-refractivity contribution in [3.8, 4) is 0 Å². The normalized spacial score (nSPS) is 11.8. The smallest absolute Gasteiger partial charge is 0.312 e. The Morgan fingerprint density at radius 1 is 1.33 bits per heavy atom. The van der Waals surface area contributed by atoms with Crippen LogP contribution < -0.4 is 16.6 Å². The summed E-state index contributed by atoms with van der Waals surface area (Å²) in [5, 5.41) is 3.36. The maximum absolute atomic E-state index is 11.6. The van der Waals surface area contributed by atoms with Crippen LogP contribution in [0.5, 0.6) is 0 Å². The van der Waals surface area contributed by atoms with Crippen LogP contribution in [0.3, 0.4) is 0 Å². The number of nitrogens with one attached hydrogen (secondary N) is 2. The molecule has 0 aliphatic carbocycles. The Hall–Kier alpha value is -1.36. The van der Waals surface area contributed by atoms with Gasteiger partial charge in [-0.1, -0.05) is 6.92 Å². The van der Waals surface area contributed by atoms with Crippen molar-refractivity contribution in [3.63, 3.8) is 0 Å². The minimum Gasteiger partial charge on any atom is -0.312 e. The van der Waals surface area contributed by atoms with Crippen molar-refractivity contribution >= 4 is 0 Å². The van der Waals surface area contributed by atoms with Crippen LogP contribution in [0.25, 0.3) is 0 Å². The predicted octanol–water partition coefficient (Wildman–Crippen LogP) is 0.877. The van der Waals surface area contributed by atoms with Gasteiger partial charge in [-0.05, 0) is 40.2 Å². The van der Waals surface area contributed by atoms with Gasteiger partial charge in [0.05, 0.1) is 0 Å². The zero-order chi connectivity index (χ0) is 13.8. The second kappa shape index (κ2) is 6.00. The fraction of sp³-hybridized carbons (Fsp3) is 0.692. The third kappa shape index (κ3) is 4.49. The Labute approximate surface area is 107 Å². The SMILES string of the molecule is CCc1cn(CCCNC(C)(C)C)c(=O)[nH]c1=O. The second-order valence-corrected chi connectivity index (χ2v) is 5.49. The van der Waals surface area contributed by atoms with E-state index in [1.54, 1.807) is 10.8 Å². The molecule has 1 aromatic heterocycles. The average Bonchev–Trinajstić information content (AvgIpc) is 2.25. The van der Waals surface area contributed by atoms with Gasteiger partial charge < -0.3 is 9.88 Å². The summed E-state index contributed by atoms with van der Waals surface area (Å²) in [5.41, 5.74) is 0.141. The lowest BCUT2D eigenvalue weighted by molar-refractivity contribution is 0.411. The van der Waals surface area contributed by atoms with Gasteiger partial charge in [-0.2, -0.15) is 0 Å². The predicted molar refractivity (Wildman–Crippen MR) is 73.1 cm³/mol. The lowest BCUT2D eigenvalue weighted by Crippen LogP contribution is -2.37. The van der Waals surface area contributed by atoms with E-state index in [1.807, 2.05) is 6.92 Å². The van der Waals surface area contributed by atoms with E-state index >= 15 is 0 Å². The zero-order valence-corrected chi connectivity index (χ0v) is 11.7. The van der Waals surface area contributed by atoms with E-state index in [9.17, 15) is 9.59 Å². The first-order chi connectivity index (χ1) is 8.33. The minimum atomic E-state index is -0.326. The van der Waals surface area contributed by atoms with Gasteiger partial charge in [-0.3, -0.25) is 9.78 Å². The van der Waals surface area contributed by atoms with E-state index in [0.717, 1.165) is 13.0 Å². The number of aromatic amines is 1. The Balaban J connectivity index is 2.63. The number of nitrogens with zero attached hydrogens (tertiary/aromatic N) is 1. The first kappa shape index (κ1) is 14.7. The summed E-state index contributed by atoms with van der Waals surface area (Å²) in [7, 11) is 0. The third-order valence-electron chi connectivity index (χ3n) is 2.70. The Kier molecular flexibility index (Phi) is 4.90. The van der Waals surface area contributed by atoms with Crippen molar-refractivity contribution in [1.29, 1.82) is 0 Å². The van der Waals surface area contributed by atoms with Crippen molar-refractivity contribution in [2.45, 2.75) is 52.6 Å². The molecule has 0 bridgehead atoms. The van der Waals surface area contributed by atoms with Crippen molar-refractivity contribution in [1.82, 2.24) is 14.9 Å². The number of aromatic nitrogens is 2. The number of rotatable bonds is 5. The van der Waals surface area contributed by atoms with E-state index in [1.165, 1.54) is 0 Å². The molecule has 0 aliphatic heterocycles. The fourth-order valence-electron chi connectivity index (χ4n) is 1.69. The molecule has 102 valence electrons. The summed E-state index contributed by atoms with van der Waals surface area (Å²) in [6.07, 6.45) is 3.15. The highest BCUT2D eigenvalue weighted by Crippen LogP contribution is 1.98. The number of aryl methyl sites for hydroxylation is 2. The monoisotopic (exact) mass is 253 g/mol. The van der Waals surface area contributed by atoms with E-state index in [2.05, 4.69) is 31.1 Å². The van der Waals surface area contributed by atoms with Crippen LogP contribution in [0, 0.1) is 0 Å². The molecule has 0 saturated carbocycles. The minimum absolute atomic E-state index is 0.0878. The second-order valence-electron chi connectivity index (χ2n) is 5.49. The van der Waals surface area contributed by atoms with Gasteiger partial charge in [-0.25, -0.2) is 4.79 Å². The molecule has 0 saturated heterocycles. The van der Waals surface area contributed by atoms with Crippen molar-refractivity contribution < 1.29 is 0 Å². The van der Waals surface area contributed by atoms with Crippen LogP contribution >= 0.6 is 0 Å². The van der Waals surface area contributed by atoms with Gasteiger partial charge in [-0.15, -0.1) is 0 Å². The summed E-state index contributed by atoms with van der Waals surface area (Å²) >= 11 is 0. The van der Waals surface area contributed by atoms with E-state index < -0.39 is 0 Å². The lowest BCUT2D eigenvalue weighted by Gasteiger charge is -2.20. The van der Waals surface area contributed by atoms with Gasteiger partial charge in [0.25, 0.3) is 5.56 Å². The van der Waals surface area contributed by atoms with Gasteiger partial charge >= 0.3 is 5.69 Å². The molecule has 5 heteroatoms. The third-order valence-corrected chi connectivity index (χ3v) is 2.70.